The first kappa shape index (κ1) is 15.3. The molecule has 3 N–H and O–H groups in total. The van der Waals surface area contributed by atoms with Crippen molar-refractivity contribution in [2.45, 2.75) is 63.9 Å². The van der Waals surface area contributed by atoms with Gasteiger partial charge in [0.15, 0.2) is 0 Å². The molecule has 2 unspecified atom stereocenters. The highest BCUT2D eigenvalue weighted by Crippen LogP contribution is 2.41. The van der Waals surface area contributed by atoms with Crippen LogP contribution >= 0.6 is 0 Å². The van der Waals surface area contributed by atoms with E-state index in [0.29, 0.717) is 25.3 Å². The van der Waals surface area contributed by atoms with Gasteiger partial charge in [-0.2, -0.15) is 0 Å². The molecule has 2 fully saturated rings. The second-order valence-corrected chi connectivity index (χ2v) is 6.46. The highest BCUT2D eigenvalue weighted by atomic mass is 16.4. The predicted molar refractivity (Wildman–Crippen MR) is 74.1 cm³/mol. The van der Waals surface area contributed by atoms with Crippen molar-refractivity contribution < 1.29 is 19.8 Å². The number of nitrogens with one attached hydrogen (secondary N) is 1. The second kappa shape index (κ2) is 6.57. The first-order valence-electron chi connectivity index (χ1n) is 7.70. The summed E-state index contributed by atoms with van der Waals surface area (Å²) < 4.78 is 0. The van der Waals surface area contributed by atoms with Gasteiger partial charge in [0.05, 0.1) is 11.5 Å². The maximum absolute atomic E-state index is 12.0. The number of hydrogen-bond acceptors (Lipinski definition) is 3. The van der Waals surface area contributed by atoms with Crippen molar-refractivity contribution in [3.8, 4) is 0 Å². The molecule has 5 heteroatoms. The average molecular weight is 283 g/mol. The van der Waals surface area contributed by atoms with Crippen molar-refractivity contribution in [3.05, 3.63) is 0 Å². The Morgan fingerprint density at radius 1 is 1.15 bits per heavy atom. The van der Waals surface area contributed by atoms with Gasteiger partial charge in [0.1, 0.15) is 0 Å². The van der Waals surface area contributed by atoms with Crippen LogP contribution in [0.3, 0.4) is 0 Å². The van der Waals surface area contributed by atoms with Crippen LogP contribution in [0.2, 0.25) is 0 Å². The normalized spacial score (nSPS) is 29.1. The number of carboxylic acids is 1. The van der Waals surface area contributed by atoms with Crippen LogP contribution in [0.25, 0.3) is 0 Å². The fraction of sp³-hybridized carbons (Fsp3) is 0.867. The minimum atomic E-state index is -0.837. The fourth-order valence-corrected chi connectivity index (χ4v) is 3.59. The van der Waals surface area contributed by atoms with Crippen molar-refractivity contribution >= 4 is 11.9 Å². The van der Waals surface area contributed by atoms with Crippen molar-refractivity contribution in [2.75, 3.05) is 6.54 Å². The molecule has 0 aromatic rings. The van der Waals surface area contributed by atoms with Crippen LogP contribution in [0.5, 0.6) is 0 Å². The molecular formula is C15H25NO4. The summed E-state index contributed by atoms with van der Waals surface area (Å²) in [6, 6.07) is 0. The monoisotopic (exact) mass is 283 g/mol. The van der Waals surface area contributed by atoms with Gasteiger partial charge < -0.3 is 15.5 Å². The molecule has 2 aliphatic rings. The molecule has 114 valence electrons. The average Bonchev–Trinajstić information content (AvgIpc) is 2.86. The summed E-state index contributed by atoms with van der Waals surface area (Å²) in [6.45, 7) is 0.561. The molecule has 0 bridgehead atoms. The van der Waals surface area contributed by atoms with E-state index < -0.39 is 11.4 Å². The van der Waals surface area contributed by atoms with Gasteiger partial charge in [-0.05, 0) is 38.0 Å². The lowest BCUT2D eigenvalue weighted by Gasteiger charge is -2.27. The zero-order valence-electron chi connectivity index (χ0n) is 11.9. The van der Waals surface area contributed by atoms with E-state index in [2.05, 4.69) is 5.32 Å². The molecule has 1 amide bonds. The van der Waals surface area contributed by atoms with Crippen LogP contribution in [-0.2, 0) is 9.59 Å². The summed E-state index contributed by atoms with van der Waals surface area (Å²) in [5.41, 5.74) is -0.837. The molecular weight excluding hydrogens is 258 g/mol. The highest BCUT2D eigenvalue weighted by molar-refractivity contribution is 5.85. The zero-order valence-corrected chi connectivity index (χ0v) is 11.9. The van der Waals surface area contributed by atoms with Crippen LogP contribution in [0.15, 0.2) is 0 Å². The Morgan fingerprint density at radius 2 is 1.85 bits per heavy atom. The van der Waals surface area contributed by atoms with Crippen molar-refractivity contribution in [1.82, 2.24) is 5.32 Å². The molecule has 2 atom stereocenters. The largest absolute Gasteiger partial charge is 0.481 e. The number of aliphatic hydroxyl groups excluding tert-OH is 1. The Kier molecular flexibility index (Phi) is 5.02. The number of aliphatic hydroxyl groups is 1. The molecule has 0 spiro atoms. The standard InChI is InChI=1S/C15H25NO4/c17-12-5-3-4-11(8-12)10-16-13(18)9-15(14(19)20)6-1-2-7-15/h11-12,17H,1-10H2,(H,16,18)(H,19,20). The van der Waals surface area contributed by atoms with Gasteiger partial charge in [0.2, 0.25) is 5.91 Å². The number of aliphatic carboxylic acids is 1. The van der Waals surface area contributed by atoms with Gasteiger partial charge in [-0.25, -0.2) is 0 Å². The van der Waals surface area contributed by atoms with E-state index >= 15 is 0 Å². The number of rotatable bonds is 5. The lowest BCUT2D eigenvalue weighted by molar-refractivity contribution is -0.151. The Labute approximate surface area is 119 Å². The number of carboxylic acid groups (broad SMARTS) is 1. The molecule has 0 saturated heterocycles. The van der Waals surface area contributed by atoms with Crippen LogP contribution < -0.4 is 5.32 Å². The van der Waals surface area contributed by atoms with Gasteiger partial charge in [-0.1, -0.05) is 19.3 Å². The number of carbonyl (C=O) groups is 2. The smallest absolute Gasteiger partial charge is 0.310 e. The van der Waals surface area contributed by atoms with Crippen LogP contribution in [0.4, 0.5) is 0 Å². The zero-order chi connectivity index (χ0) is 14.6. The highest BCUT2D eigenvalue weighted by Gasteiger charge is 2.42. The molecule has 0 radical (unpaired) electrons. The number of carbonyl (C=O) groups excluding carboxylic acids is 1. The Balaban J connectivity index is 1.78. The third-order valence-electron chi connectivity index (χ3n) is 4.86. The van der Waals surface area contributed by atoms with Crippen molar-refractivity contribution in [1.29, 1.82) is 0 Å². The van der Waals surface area contributed by atoms with E-state index in [1.165, 1.54) is 0 Å². The summed E-state index contributed by atoms with van der Waals surface area (Å²) in [6.07, 6.45) is 6.49. The van der Waals surface area contributed by atoms with Gasteiger partial charge >= 0.3 is 5.97 Å². The molecule has 0 aromatic heterocycles. The Morgan fingerprint density at radius 3 is 2.45 bits per heavy atom. The van der Waals surface area contributed by atoms with E-state index in [4.69, 9.17) is 0 Å². The van der Waals surface area contributed by atoms with Crippen LogP contribution in [0.1, 0.15) is 57.8 Å². The summed E-state index contributed by atoms with van der Waals surface area (Å²) in [4.78, 5) is 23.4. The maximum Gasteiger partial charge on any atom is 0.310 e. The molecule has 0 aromatic carbocycles. The second-order valence-electron chi connectivity index (χ2n) is 6.46. The van der Waals surface area contributed by atoms with Gasteiger partial charge in [0.25, 0.3) is 0 Å². The van der Waals surface area contributed by atoms with Crippen LogP contribution in [-0.4, -0.2) is 34.7 Å². The summed E-state index contributed by atoms with van der Waals surface area (Å²) in [5.74, 6) is -0.667. The summed E-state index contributed by atoms with van der Waals surface area (Å²) in [5, 5.41) is 21.8. The number of amides is 1. The number of hydrogen-bond donors (Lipinski definition) is 3. The van der Waals surface area contributed by atoms with E-state index in [1.807, 2.05) is 0 Å². The third-order valence-corrected chi connectivity index (χ3v) is 4.86. The molecule has 5 nitrogen and oxygen atoms in total. The minimum Gasteiger partial charge on any atom is -0.481 e. The van der Waals surface area contributed by atoms with Crippen molar-refractivity contribution in [3.63, 3.8) is 0 Å². The SMILES string of the molecule is O=C(CC1(C(=O)O)CCCC1)NCC1CCCC(O)C1. The van der Waals surface area contributed by atoms with Crippen LogP contribution in [0, 0.1) is 11.3 Å². The molecule has 2 rings (SSSR count). The molecule has 0 heterocycles. The van der Waals surface area contributed by atoms with Crippen molar-refractivity contribution in [2.24, 2.45) is 11.3 Å². The molecule has 20 heavy (non-hydrogen) atoms. The van der Waals surface area contributed by atoms with E-state index in [9.17, 15) is 19.8 Å². The van der Waals surface area contributed by atoms with E-state index in [0.717, 1.165) is 38.5 Å². The lowest BCUT2D eigenvalue weighted by atomic mass is 9.82. The quantitative estimate of drug-likeness (QED) is 0.716. The Hall–Kier alpha value is -1.10. The first-order valence-corrected chi connectivity index (χ1v) is 7.70. The van der Waals surface area contributed by atoms with Gasteiger partial charge in [-0.3, -0.25) is 9.59 Å². The van der Waals surface area contributed by atoms with E-state index in [-0.39, 0.29) is 18.4 Å². The molecule has 2 aliphatic carbocycles. The Bertz CT molecular complexity index is 363. The van der Waals surface area contributed by atoms with Gasteiger partial charge in [-0.15, -0.1) is 0 Å². The molecule has 2 saturated carbocycles. The van der Waals surface area contributed by atoms with Gasteiger partial charge in [0, 0.05) is 13.0 Å². The predicted octanol–water partition coefficient (Wildman–Crippen LogP) is 1.69. The summed E-state index contributed by atoms with van der Waals surface area (Å²) >= 11 is 0. The first-order chi connectivity index (χ1) is 9.52. The third kappa shape index (κ3) is 3.72. The minimum absolute atomic E-state index is 0.0948. The maximum atomic E-state index is 12.0. The fourth-order valence-electron chi connectivity index (χ4n) is 3.59. The van der Waals surface area contributed by atoms with E-state index in [1.54, 1.807) is 0 Å². The lowest BCUT2D eigenvalue weighted by Crippen LogP contribution is -2.38. The topological polar surface area (TPSA) is 86.6 Å². The molecule has 0 aliphatic heterocycles. The summed E-state index contributed by atoms with van der Waals surface area (Å²) in [7, 11) is 0.